The fourth-order valence-electron chi connectivity index (χ4n) is 1.62. The van der Waals surface area contributed by atoms with E-state index in [4.69, 9.17) is 0 Å². The van der Waals surface area contributed by atoms with Gasteiger partial charge in [0.1, 0.15) is 0 Å². The predicted molar refractivity (Wildman–Crippen MR) is 49.2 cm³/mol. The van der Waals surface area contributed by atoms with Gasteiger partial charge in [-0.3, -0.25) is 9.48 Å². The number of carbonyl (C=O) groups excluding carboxylic acids is 1. The molecule has 1 heterocycles. The van der Waals surface area contributed by atoms with Crippen LogP contribution in [0.1, 0.15) is 18.4 Å². The van der Waals surface area contributed by atoms with Crippen molar-refractivity contribution in [1.29, 1.82) is 0 Å². The summed E-state index contributed by atoms with van der Waals surface area (Å²) in [5.74, 6) is 0.263. The van der Waals surface area contributed by atoms with Gasteiger partial charge in [0.2, 0.25) is 0 Å². The van der Waals surface area contributed by atoms with Crippen LogP contribution in [0.5, 0.6) is 0 Å². The first kappa shape index (κ1) is 8.23. The Kier molecular flexibility index (Phi) is 2.00. The number of hydrogen-bond acceptors (Lipinski definition) is 2. The highest BCUT2D eigenvalue weighted by Gasteiger charge is 2.12. The molecule has 1 aliphatic rings. The summed E-state index contributed by atoms with van der Waals surface area (Å²) in [6.07, 6.45) is 8.10. The lowest BCUT2D eigenvalue weighted by Gasteiger charge is -1.95. The molecule has 1 aromatic heterocycles. The average molecular weight is 176 g/mol. The van der Waals surface area contributed by atoms with E-state index in [0.29, 0.717) is 6.42 Å². The SMILES string of the molecule is Cn1cc(CC2=CC(=O)CC2)cn1. The van der Waals surface area contributed by atoms with Gasteiger partial charge in [-0.1, -0.05) is 5.57 Å². The standard InChI is InChI=1S/C10H12N2O/c1-12-7-9(6-11-12)4-8-2-3-10(13)5-8/h5-7H,2-4H2,1H3. The van der Waals surface area contributed by atoms with E-state index in [2.05, 4.69) is 5.10 Å². The molecule has 0 atom stereocenters. The third-order valence-electron chi connectivity index (χ3n) is 2.25. The van der Waals surface area contributed by atoms with Crippen LogP contribution in [0.25, 0.3) is 0 Å². The average Bonchev–Trinajstić information content (AvgIpc) is 2.62. The minimum atomic E-state index is 0.263. The van der Waals surface area contributed by atoms with Crippen molar-refractivity contribution in [2.45, 2.75) is 19.3 Å². The summed E-state index contributed by atoms with van der Waals surface area (Å²) in [6.45, 7) is 0. The molecular formula is C10H12N2O. The molecule has 3 nitrogen and oxygen atoms in total. The molecule has 0 amide bonds. The van der Waals surface area contributed by atoms with Gasteiger partial charge in [-0.25, -0.2) is 0 Å². The van der Waals surface area contributed by atoms with E-state index in [1.54, 1.807) is 10.8 Å². The minimum absolute atomic E-state index is 0.263. The number of aromatic nitrogens is 2. The molecule has 0 radical (unpaired) electrons. The zero-order valence-corrected chi connectivity index (χ0v) is 7.66. The first-order valence-electron chi connectivity index (χ1n) is 4.44. The van der Waals surface area contributed by atoms with Crippen LogP contribution in [0.3, 0.4) is 0 Å². The Hall–Kier alpha value is -1.38. The van der Waals surface area contributed by atoms with Crippen molar-refractivity contribution in [3.63, 3.8) is 0 Å². The van der Waals surface area contributed by atoms with Crippen LogP contribution < -0.4 is 0 Å². The van der Waals surface area contributed by atoms with E-state index in [9.17, 15) is 4.79 Å². The predicted octanol–water partition coefficient (Wildman–Crippen LogP) is 1.25. The summed E-state index contributed by atoms with van der Waals surface area (Å²) in [5.41, 5.74) is 2.42. The highest BCUT2D eigenvalue weighted by molar-refractivity contribution is 5.93. The molecule has 13 heavy (non-hydrogen) atoms. The Morgan fingerprint density at radius 1 is 1.54 bits per heavy atom. The topological polar surface area (TPSA) is 34.9 Å². The van der Waals surface area contributed by atoms with Crippen LogP contribution in [0, 0.1) is 0 Å². The number of hydrogen-bond donors (Lipinski definition) is 0. The Labute approximate surface area is 77.1 Å². The molecule has 68 valence electrons. The second kappa shape index (κ2) is 3.17. The second-order valence-electron chi connectivity index (χ2n) is 3.47. The van der Waals surface area contributed by atoms with Crippen molar-refractivity contribution in [3.8, 4) is 0 Å². The molecule has 0 saturated heterocycles. The number of rotatable bonds is 2. The molecule has 1 aliphatic carbocycles. The number of allylic oxidation sites excluding steroid dienone is 2. The van der Waals surface area contributed by atoms with Crippen LogP contribution in [0.2, 0.25) is 0 Å². The van der Waals surface area contributed by atoms with E-state index in [1.165, 1.54) is 11.1 Å². The van der Waals surface area contributed by atoms with Crippen molar-refractivity contribution in [3.05, 3.63) is 29.6 Å². The fourth-order valence-corrected chi connectivity index (χ4v) is 1.62. The van der Waals surface area contributed by atoms with Gasteiger partial charge in [0.15, 0.2) is 5.78 Å². The van der Waals surface area contributed by atoms with E-state index in [0.717, 1.165) is 12.8 Å². The second-order valence-corrected chi connectivity index (χ2v) is 3.47. The van der Waals surface area contributed by atoms with Gasteiger partial charge in [-0.15, -0.1) is 0 Å². The Bertz CT molecular complexity index is 363. The van der Waals surface area contributed by atoms with Crippen molar-refractivity contribution >= 4 is 5.78 Å². The third-order valence-corrected chi connectivity index (χ3v) is 2.25. The lowest BCUT2D eigenvalue weighted by Crippen LogP contribution is -1.86. The van der Waals surface area contributed by atoms with Crippen LogP contribution >= 0.6 is 0 Å². The molecule has 0 saturated carbocycles. The van der Waals surface area contributed by atoms with Crippen molar-refractivity contribution in [1.82, 2.24) is 9.78 Å². The Morgan fingerprint density at radius 3 is 2.92 bits per heavy atom. The maximum Gasteiger partial charge on any atom is 0.155 e. The summed E-state index contributed by atoms with van der Waals surface area (Å²) in [7, 11) is 1.90. The number of nitrogens with zero attached hydrogens (tertiary/aromatic N) is 2. The third kappa shape index (κ3) is 1.86. The summed E-state index contributed by atoms with van der Waals surface area (Å²) in [6, 6.07) is 0. The maximum atomic E-state index is 11.0. The van der Waals surface area contributed by atoms with Crippen molar-refractivity contribution < 1.29 is 4.79 Å². The molecule has 0 bridgehead atoms. The highest BCUT2D eigenvalue weighted by atomic mass is 16.1. The van der Waals surface area contributed by atoms with Gasteiger partial charge in [0, 0.05) is 19.7 Å². The first-order chi connectivity index (χ1) is 6.24. The van der Waals surface area contributed by atoms with Crippen LogP contribution in [0.4, 0.5) is 0 Å². The molecule has 0 aliphatic heterocycles. The zero-order chi connectivity index (χ0) is 9.26. The molecule has 0 unspecified atom stereocenters. The molecule has 0 N–H and O–H groups in total. The summed E-state index contributed by atoms with van der Waals surface area (Å²) in [5, 5.41) is 4.08. The molecule has 0 spiro atoms. The smallest absolute Gasteiger partial charge is 0.155 e. The van der Waals surface area contributed by atoms with Crippen LogP contribution in [0.15, 0.2) is 24.0 Å². The summed E-state index contributed by atoms with van der Waals surface area (Å²) >= 11 is 0. The van der Waals surface area contributed by atoms with Crippen molar-refractivity contribution in [2.75, 3.05) is 0 Å². The quantitative estimate of drug-likeness (QED) is 0.679. The number of ketones is 1. The van der Waals surface area contributed by atoms with E-state index in [1.807, 2.05) is 19.4 Å². The van der Waals surface area contributed by atoms with Crippen molar-refractivity contribution in [2.24, 2.45) is 7.05 Å². The largest absolute Gasteiger partial charge is 0.295 e. The van der Waals surface area contributed by atoms with Gasteiger partial charge in [-0.2, -0.15) is 5.10 Å². The van der Waals surface area contributed by atoms with Gasteiger partial charge in [0.25, 0.3) is 0 Å². The number of carbonyl (C=O) groups is 1. The van der Waals surface area contributed by atoms with E-state index >= 15 is 0 Å². The van der Waals surface area contributed by atoms with E-state index < -0.39 is 0 Å². The molecular weight excluding hydrogens is 164 g/mol. The molecule has 0 fully saturated rings. The molecule has 0 aromatic carbocycles. The normalized spacial score (nSPS) is 16.4. The minimum Gasteiger partial charge on any atom is -0.295 e. The number of aryl methyl sites for hydroxylation is 1. The fraction of sp³-hybridized carbons (Fsp3) is 0.400. The van der Waals surface area contributed by atoms with Gasteiger partial charge in [0.05, 0.1) is 6.20 Å². The summed E-state index contributed by atoms with van der Waals surface area (Å²) < 4.78 is 1.78. The lowest BCUT2D eigenvalue weighted by atomic mass is 10.1. The van der Waals surface area contributed by atoms with E-state index in [-0.39, 0.29) is 5.78 Å². The van der Waals surface area contributed by atoms with Gasteiger partial charge < -0.3 is 0 Å². The van der Waals surface area contributed by atoms with Gasteiger partial charge >= 0.3 is 0 Å². The highest BCUT2D eigenvalue weighted by Crippen LogP contribution is 2.18. The molecule has 3 heteroatoms. The first-order valence-corrected chi connectivity index (χ1v) is 4.44. The van der Waals surface area contributed by atoms with Crippen LogP contribution in [-0.4, -0.2) is 15.6 Å². The van der Waals surface area contributed by atoms with Crippen LogP contribution in [-0.2, 0) is 18.3 Å². The maximum absolute atomic E-state index is 11.0. The molecule has 2 rings (SSSR count). The van der Waals surface area contributed by atoms with Gasteiger partial charge in [-0.05, 0) is 24.5 Å². The zero-order valence-electron chi connectivity index (χ0n) is 7.66. The summed E-state index contributed by atoms with van der Waals surface area (Å²) in [4.78, 5) is 11.0. The molecule has 1 aromatic rings. The lowest BCUT2D eigenvalue weighted by molar-refractivity contribution is -0.114. The Balaban J connectivity index is 2.06. The Morgan fingerprint density at radius 2 is 2.38 bits per heavy atom. The monoisotopic (exact) mass is 176 g/mol.